The van der Waals surface area contributed by atoms with E-state index in [9.17, 15) is 22.8 Å². The van der Waals surface area contributed by atoms with E-state index in [1.807, 2.05) is 20.8 Å². The van der Waals surface area contributed by atoms with Crippen LogP contribution >= 0.6 is 0 Å². The minimum atomic E-state index is -4.47. The topological polar surface area (TPSA) is 96.5 Å². The van der Waals surface area contributed by atoms with Gasteiger partial charge in [0.25, 0.3) is 0 Å². The van der Waals surface area contributed by atoms with Gasteiger partial charge in [0.1, 0.15) is 17.7 Å². The lowest BCUT2D eigenvalue weighted by atomic mass is 9.82. The first-order valence-electron chi connectivity index (χ1n) is 13.2. The van der Waals surface area contributed by atoms with Crippen molar-refractivity contribution in [3.8, 4) is 0 Å². The minimum absolute atomic E-state index is 0.00492. The number of rotatable bonds is 8. The molecule has 0 radical (unpaired) electrons. The van der Waals surface area contributed by atoms with E-state index in [0.717, 1.165) is 50.9 Å². The molecule has 2 aromatic rings. The molecule has 2 N–H and O–H groups in total. The van der Waals surface area contributed by atoms with Crippen LogP contribution in [-0.2, 0) is 15.7 Å². The van der Waals surface area contributed by atoms with Crippen LogP contribution in [0.5, 0.6) is 0 Å². The number of halogens is 3. The van der Waals surface area contributed by atoms with Gasteiger partial charge in [-0.1, -0.05) is 0 Å². The first-order valence-corrected chi connectivity index (χ1v) is 13.2. The van der Waals surface area contributed by atoms with Gasteiger partial charge in [-0.15, -0.1) is 0 Å². The summed E-state index contributed by atoms with van der Waals surface area (Å²) in [5, 5.41) is 6.02. The molecule has 0 spiro atoms. The summed E-state index contributed by atoms with van der Waals surface area (Å²) in [6.07, 6.45) is 1.10. The Kier molecular flexibility index (Phi) is 8.44. The van der Waals surface area contributed by atoms with Crippen LogP contribution in [0.15, 0.2) is 24.5 Å². The Balaban J connectivity index is 1.16. The van der Waals surface area contributed by atoms with E-state index in [2.05, 4.69) is 25.5 Å². The van der Waals surface area contributed by atoms with Crippen LogP contribution in [0, 0.1) is 11.8 Å². The van der Waals surface area contributed by atoms with Gasteiger partial charge in [0.2, 0.25) is 0 Å². The molecule has 8 nitrogen and oxygen atoms in total. The van der Waals surface area contributed by atoms with E-state index in [-0.39, 0.29) is 35.5 Å². The van der Waals surface area contributed by atoms with Crippen molar-refractivity contribution in [2.45, 2.75) is 70.7 Å². The van der Waals surface area contributed by atoms with E-state index >= 15 is 0 Å². The molecular formula is C27H36F3N5O3. The van der Waals surface area contributed by atoms with E-state index in [0.29, 0.717) is 30.4 Å². The Bertz CT molecular complexity index is 1140. The summed E-state index contributed by atoms with van der Waals surface area (Å²) in [6.45, 7) is 7.93. The van der Waals surface area contributed by atoms with Crippen LogP contribution in [0.25, 0.3) is 10.9 Å². The number of alkyl carbamates (subject to hydrolysis) is 1. The summed E-state index contributed by atoms with van der Waals surface area (Å²) in [5.74, 6) is 0.969. The molecule has 1 saturated carbocycles. The molecule has 11 heteroatoms. The van der Waals surface area contributed by atoms with Gasteiger partial charge < -0.3 is 15.4 Å². The number of carbonyl (C=O) groups is 2. The third-order valence-electron chi connectivity index (χ3n) is 7.18. The first-order chi connectivity index (χ1) is 17.9. The maximum absolute atomic E-state index is 13.1. The molecular weight excluding hydrogens is 499 g/mol. The third kappa shape index (κ3) is 7.55. The number of likely N-dealkylation sites (tertiary alicyclic amines) is 1. The normalized spacial score (nSPS) is 21.1. The molecule has 208 valence electrons. The van der Waals surface area contributed by atoms with E-state index < -0.39 is 17.3 Å². The van der Waals surface area contributed by atoms with Gasteiger partial charge in [-0.05, 0) is 76.5 Å². The largest absolute Gasteiger partial charge is 0.444 e. The zero-order valence-electron chi connectivity index (χ0n) is 22.1. The zero-order chi connectivity index (χ0) is 27.5. The second-order valence-electron chi connectivity index (χ2n) is 11.4. The lowest BCUT2D eigenvalue weighted by Gasteiger charge is -2.46. The van der Waals surface area contributed by atoms with Gasteiger partial charge in [-0.25, -0.2) is 14.8 Å². The summed E-state index contributed by atoms with van der Waals surface area (Å²) < 4.78 is 44.6. The van der Waals surface area contributed by atoms with Crippen molar-refractivity contribution in [1.29, 1.82) is 0 Å². The molecule has 0 atom stereocenters. The van der Waals surface area contributed by atoms with Crippen molar-refractivity contribution < 1.29 is 27.5 Å². The summed E-state index contributed by atoms with van der Waals surface area (Å²) in [4.78, 5) is 34.9. The molecule has 2 heterocycles. The average molecular weight is 536 g/mol. The number of fused-ring (bicyclic) bond motifs is 1. The van der Waals surface area contributed by atoms with Crippen LogP contribution in [0.3, 0.4) is 0 Å². The number of amides is 1. The molecule has 4 rings (SSSR count). The molecule has 0 unspecified atom stereocenters. The molecule has 1 aromatic carbocycles. The van der Waals surface area contributed by atoms with E-state index in [1.54, 1.807) is 0 Å². The third-order valence-corrected chi connectivity index (χ3v) is 7.18. The van der Waals surface area contributed by atoms with Crippen LogP contribution in [-0.4, -0.2) is 64.6 Å². The summed E-state index contributed by atoms with van der Waals surface area (Å²) in [7, 11) is 0. The predicted octanol–water partition coefficient (Wildman–Crippen LogP) is 5.04. The molecule has 1 aliphatic carbocycles. The van der Waals surface area contributed by atoms with Crippen LogP contribution in [0.1, 0.15) is 58.4 Å². The highest BCUT2D eigenvalue weighted by Crippen LogP contribution is 2.34. The number of alkyl halides is 3. The van der Waals surface area contributed by atoms with Crippen molar-refractivity contribution in [1.82, 2.24) is 20.2 Å². The fraction of sp³-hybridized carbons (Fsp3) is 0.630. The Morgan fingerprint density at radius 2 is 1.76 bits per heavy atom. The standard InChI is InChI=1S/C27H36F3N5O3/c1-26(2,3)38-25(37)32-12-17-4-7-20(8-5-17)35-14-18(15-35)10-21(36)13-31-24-22-11-19(27(28,29)30)6-9-23(22)33-16-34-24/h6,9,11,16-18,20H,4-5,7-8,10,12-15H2,1-3H3,(H,32,37)(H,31,33,34). The lowest BCUT2D eigenvalue weighted by molar-refractivity contribution is -0.137. The van der Waals surface area contributed by atoms with Crippen molar-refractivity contribution >= 4 is 28.6 Å². The second-order valence-corrected chi connectivity index (χ2v) is 11.4. The number of anilines is 1. The van der Waals surface area contributed by atoms with Crippen molar-refractivity contribution in [2.24, 2.45) is 11.8 Å². The summed E-state index contributed by atoms with van der Waals surface area (Å²) in [5.41, 5.74) is -0.900. The van der Waals surface area contributed by atoms with Gasteiger partial charge in [-0.2, -0.15) is 13.2 Å². The van der Waals surface area contributed by atoms with E-state index in [1.165, 1.54) is 12.4 Å². The molecule has 1 aromatic heterocycles. The molecule has 0 bridgehead atoms. The smallest absolute Gasteiger partial charge is 0.416 e. The molecule has 38 heavy (non-hydrogen) atoms. The number of aromatic nitrogens is 2. The van der Waals surface area contributed by atoms with Crippen LogP contribution < -0.4 is 10.6 Å². The Labute approximate surface area is 220 Å². The second kappa shape index (κ2) is 11.4. The predicted molar refractivity (Wildman–Crippen MR) is 138 cm³/mol. The SMILES string of the molecule is CC(C)(C)OC(=O)NCC1CCC(N2CC(CC(=O)CNc3ncnc4ccc(C(F)(F)F)cc34)C2)CC1. The molecule has 1 aliphatic heterocycles. The van der Waals surface area contributed by atoms with Crippen molar-refractivity contribution in [2.75, 3.05) is 31.5 Å². The average Bonchev–Trinajstić information content (AvgIpc) is 2.82. The highest BCUT2D eigenvalue weighted by molar-refractivity contribution is 5.91. The number of hydrogen-bond donors (Lipinski definition) is 2. The van der Waals surface area contributed by atoms with Gasteiger partial charge in [0, 0.05) is 37.5 Å². The van der Waals surface area contributed by atoms with Crippen LogP contribution in [0.4, 0.5) is 23.8 Å². The first kappa shape index (κ1) is 28.1. The fourth-order valence-electron chi connectivity index (χ4n) is 5.24. The molecule has 1 saturated heterocycles. The molecule has 1 amide bonds. The summed E-state index contributed by atoms with van der Waals surface area (Å²) in [6, 6.07) is 3.81. The number of ether oxygens (including phenoxy) is 1. The summed E-state index contributed by atoms with van der Waals surface area (Å²) >= 11 is 0. The van der Waals surface area contributed by atoms with E-state index in [4.69, 9.17) is 4.74 Å². The highest BCUT2D eigenvalue weighted by atomic mass is 19.4. The van der Waals surface area contributed by atoms with Gasteiger partial charge in [0.15, 0.2) is 5.78 Å². The maximum atomic E-state index is 13.1. The maximum Gasteiger partial charge on any atom is 0.416 e. The van der Waals surface area contributed by atoms with Gasteiger partial charge in [0.05, 0.1) is 17.6 Å². The zero-order valence-corrected chi connectivity index (χ0v) is 22.1. The number of nitrogens with zero attached hydrogens (tertiary/aromatic N) is 3. The van der Waals surface area contributed by atoms with Gasteiger partial charge in [-0.3, -0.25) is 9.69 Å². The Hall–Kier alpha value is -2.95. The van der Waals surface area contributed by atoms with Gasteiger partial charge >= 0.3 is 12.3 Å². The van der Waals surface area contributed by atoms with Crippen molar-refractivity contribution in [3.63, 3.8) is 0 Å². The van der Waals surface area contributed by atoms with Crippen molar-refractivity contribution in [3.05, 3.63) is 30.1 Å². The number of nitrogens with one attached hydrogen (secondary N) is 2. The fourth-order valence-corrected chi connectivity index (χ4v) is 5.24. The molecule has 2 aliphatic rings. The Morgan fingerprint density at radius 1 is 1.05 bits per heavy atom. The number of carbonyl (C=O) groups excluding carboxylic acids is 2. The van der Waals surface area contributed by atoms with Crippen LogP contribution in [0.2, 0.25) is 0 Å². The Morgan fingerprint density at radius 3 is 2.42 bits per heavy atom. The number of hydrogen-bond acceptors (Lipinski definition) is 7. The lowest BCUT2D eigenvalue weighted by Crippen LogP contribution is -2.53. The number of Topliss-reactive ketones (excluding diaryl/α,β-unsaturated/α-hetero) is 1. The quantitative estimate of drug-likeness (QED) is 0.489. The number of benzene rings is 1. The molecule has 2 fully saturated rings. The highest BCUT2D eigenvalue weighted by Gasteiger charge is 2.35. The number of ketones is 1. The monoisotopic (exact) mass is 535 g/mol. The minimum Gasteiger partial charge on any atom is -0.444 e.